The Morgan fingerprint density at radius 2 is 1.83 bits per heavy atom. The summed E-state index contributed by atoms with van der Waals surface area (Å²) >= 11 is 0. The van der Waals surface area contributed by atoms with Crippen LogP contribution < -0.4 is 5.32 Å². The number of pyridine rings is 2. The zero-order valence-electron chi connectivity index (χ0n) is 15.7. The Hall–Kier alpha value is -3.35. The Bertz CT molecular complexity index is 1100. The van der Waals surface area contributed by atoms with Gasteiger partial charge in [-0.25, -0.2) is 9.97 Å². The van der Waals surface area contributed by atoms with Crippen LogP contribution in [0.4, 0.5) is 19.0 Å². The summed E-state index contributed by atoms with van der Waals surface area (Å²) in [4.78, 5) is 12.0. The number of fused-ring (bicyclic) bond motifs is 1. The molecule has 0 saturated heterocycles. The lowest BCUT2D eigenvalue weighted by Gasteiger charge is -2.12. The third-order valence-corrected chi connectivity index (χ3v) is 4.99. The molecule has 0 amide bonds. The Labute approximate surface area is 165 Å². The minimum Gasteiger partial charge on any atom is -0.366 e. The molecule has 0 saturated carbocycles. The molecule has 7 heteroatoms. The van der Waals surface area contributed by atoms with Gasteiger partial charge in [0.25, 0.3) is 0 Å². The van der Waals surface area contributed by atoms with E-state index in [9.17, 15) is 13.2 Å². The molecular weight excluding hydrogens is 377 g/mol. The summed E-state index contributed by atoms with van der Waals surface area (Å²) in [6.45, 7) is 2.51. The molecule has 3 aromatic heterocycles. The lowest BCUT2D eigenvalue weighted by atomic mass is 9.94. The molecule has 4 rings (SSSR count). The number of hydrogen-bond acceptors (Lipinski definition) is 3. The number of benzene rings is 1. The minimum absolute atomic E-state index is 0.143. The highest BCUT2D eigenvalue weighted by Crippen LogP contribution is 2.30. The van der Waals surface area contributed by atoms with E-state index in [2.05, 4.69) is 27.2 Å². The normalized spacial score (nSPS) is 12.8. The summed E-state index contributed by atoms with van der Waals surface area (Å²) in [5, 5.41) is 4.23. The molecule has 0 spiro atoms. The van der Waals surface area contributed by atoms with Gasteiger partial charge in [0.1, 0.15) is 11.5 Å². The fourth-order valence-electron chi connectivity index (χ4n) is 3.29. The predicted molar refractivity (Wildman–Crippen MR) is 107 cm³/mol. The molecule has 4 aromatic rings. The van der Waals surface area contributed by atoms with Gasteiger partial charge < -0.3 is 10.3 Å². The highest BCUT2D eigenvalue weighted by Gasteiger charge is 2.29. The maximum Gasteiger partial charge on any atom is 0.416 e. The third-order valence-electron chi connectivity index (χ3n) is 4.99. The molecule has 1 unspecified atom stereocenters. The number of H-pyrrole nitrogens is 1. The minimum atomic E-state index is -4.32. The van der Waals surface area contributed by atoms with Crippen molar-refractivity contribution in [1.29, 1.82) is 0 Å². The monoisotopic (exact) mass is 396 g/mol. The van der Waals surface area contributed by atoms with Gasteiger partial charge in [0.2, 0.25) is 0 Å². The van der Waals surface area contributed by atoms with Crippen LogP contribution in [0.5, 0.6) is 0 Å². The topological polar surface area (TPSA) is 53.6 Å². The number of aromatic nitrogens is 3. The third kappa shape index (κ3) is 4.08. The van der Waals surface area contributed by atoms with Gasteiger partial charge in [-0.15, -0.1) is 0 Å². The van der Waals surface area contributed by atoms with Gasteiger partial charge in [-0.2, -0.15) is 13.2 Å². The van der Waals surface area contributed by atoms with Gasteiger partial charge in [0, 0.05) is 36.4 Å². The number of rotatable bonds is 5. The van der Waals surface area contributed by atoms with Crippen molar-refractivity contribution in [3.63, 3.8) is 0 Å². The predicted octanol–water partition coefficient (Wildman–Crippen LogP) is 5.74. The van der Waals surface area contributed by atoms with E-state index in [1.54, 1.807) is 6.20 Å². The summed E-state index contributed by atoms with van der Waals surface area (Å²) in [7, 11) is 0. The van der Waals surface area contributed by atoms with Gasteiger partial charge in [-0.05, 0) is 47.0 Å². The SMILES string of the molecule is CC(c1ccc(NCc2ccc(C(F)(F)F)cc2)nc1)c1c[nH]c2ncccc12. The molecule has 0 aliphatic rings. The van der Waals surface area contributed by atoms with Crippen molar-refractivity contribution in [3.8, 4) is 0 Å². The zero-order valence-corrected chi connectivity index (χ0v) is 15.7. The Balaban J connectivity index is 1.43. The molecule has 4 nitrogen and oxygen atoms in total. The highest BCUT2D eigenvalue weighted by molar-refractivity contribution is 5.80. The lowest BCUT2D eigenvalue weighted by Crippen LogP contribution is -2.06. The van der Waals surface area contributed by atoms with Crippen LogP contribution in [-0.2, 0) is 12.7 Å². The van der Waals surface area contributed by atoms with Gasteiger partial charge in [-0.1, -0.05) is 25.1 Å². The maximum absolute atomic E-state index is 12.6. The van der Waals surface area contributed by atoms with E-state index in [0.29, 0.717) is 12.4 Å². The van der Waals surface area contributed by atoms with Crippen molar-refractivity contribution in [2.75, 3.05) is 5.32 Å². The molecule has 1 atom stereocenters. The fourth-order valence-corrected chi connectivity index (χ4v) is 3.29. The number of aromatic amines is 1. The van der Waals surface area contributed by atoms with Crippen molar-refractivity contribution >= 4 is 16.9 Å². The van der Waals surface area contributed by atoms with Crippen LogP contribution in [-0.4, -0.2) is 15.0 Å². The molecule has 0 aliphatic carbocycles. The van der Waals surface area contributed by atoms with E-state index in [4.69, 9.17) is 0 Å². The van der Waals surface area contributed by atoms with Crippen molar-refractivity contribution in [2.45, 2.75) is 25.6 Å². The number of hydrogen-bond donors (Lipinski definition) is 2. The summed E-state index contributed by atoms with van der Waals surface area (Å²) in [6, 6.07) is 13.0. The Kier molecular flexibility index (Phi) is 4.96. The number of nitrogens with one attached hydrogen (secondary N) is 2. The van der Waals surface area contributed by atoms with Gasteiger partial charge in [0.15, 0.2) is 0 Å². The van der Waals surface area contributed by atoms with E-state index in [-0.39, 0.29) is 5.92 Å². The van der Waals surface area contributed by atoms with E-state index in [1.807, 2.05) is 36.7 Å². The van der Waals surface area contributed by atoms with Crippen molar-refractivity contribution in [2.24, 2.45) is 0 Å². The smallest absolute Gasteiger partial charge is 0.366 e. The first-order valence-corrected chi connectivity index (χ1v) is 9.20. The molecule has 2 N–H and O–H groups in total. The molecule has 0 fully saturated rings. The number of anilines is 1. The number of alkyl halides is 3. The first-order chi connectivity index (χ1) is 13.9. The molecule has 0 bridgehead atoms. The summed E-state index contributed by atoms with van der Waals surface area (Å²) in [5.74, 6) is 0.811. The van der Waals surface area contributed by atoms with Crippen LogP contribution in [0.2, 0.25) is 0 Å². The lowest BCUT2D eigenvalue weighted by molar-refractivity contribution is -0.137. The standard InChI is InChI=1S/C22H19F3N4/c1-14(19-13-29-21-18(19)3-2-10-26-21)16-6-9-20(28-12-16)27-11-15-4-7-17(8-5-15)22(23,24)25/h2-10,12-14H,11H2,1H3,(H,26,29)(H,27,28). The van der Waals surface area contributed by atoms with Crippen molar-refractivity contribution in [1.82, 2.24) is 15.0 Å². The summed E-state index contributed by atoms with van der Waals surface area (Å²) in [5.41, 5.74) is 3.18. The first kappa shape index (κ1) is 19.0. The molecule has 3 heterocycles. The average Bonchev–Trinajstić information content (AvgIpc) is 3.16. The van der Waals surface area contributed by atoms with Crippen molar-refractivity contribution in [3.05, 3.63) is 89.4 Å². The molecule has 0 aliphatic heterocycles. The van der Waals surface area contributed by atoms with E-state index >= 15 is 0 Å². The zero-order chi connectivity index (χ0) is 20.4. The van der Waals surface area contributed by atoms with E-state index in [0.717, 1.165) is 39.9 Å². The second-order valence-electron chi connectivity index (χ2n) is 6.89. The summed E-state index contributed by atoms with van der Waals surface area (Å²) in [6.07, 6.45) is 1.22. The van der Waals surface area contributed by atoms with Crippen LogP contribution in [0.25, 0.3) is 11.0 Å². The van der Waals surface area contributed by atoms with Crippen LogP contribution in [0.3, 0.4) is 0 Å². The van der Waals surface area contributed by atoms with Gasteiger partial charge >= 0.3 is 6.18 Å². The number of halogens is 3. The largest absolute Gasteiger partial charge is 0.416 e. The maximum atomic E-state index is 12.6. The van der Waals surface area contributed by atoms with Crippen LogP contribution in [0, 0.1) is 0 Å². The molecule has 0 radical (unpaired) electrons. The first-order valence-electron chi connectivity index (χ1n) is 9.20. The number of nitrogens with zero attached hydrogens (tertiary/aromatic N) is 2. The van der Waals surface area contributed by atoms with Crippen LogP contribution in [0.15, 0.2) is 67.1 Å². The molecule has 1 aromatic carbocycles. The van der Waals surface area contributed by atoms with Crippen molar-refractivity contribution < 1.29 is 13.2 Å². The van der Waals surface area contributed by atoms with Crippen LogP contribution in [0.1, 0.15) is 35.1 Å². The average molecular weight is 396 g/mol. The fraction of sp³-hybridized carbons (Fsp3) is 0.182. The second-order valence-corrected chi connectivity index (χ2v) is 6.89. The Morgan fingerprint density at radius 1 is 1.03 bits per heavy atom. The second kappa shape index (κ2) is 7.58. The van der Waals surface area contributed by atoms with Gasteiger partial charge in [0.05, 0.1) is 5.56 Å². The molecule has 29 heavy (non-hydrogen) atoms. The Morgan fingerprint density at radius 3 is 2.52 bits per heavy atom. The molecule has 148 valence electrons. The van der Waals surface area contributed by atoms with E-state index < -0.39 is 11.7 Å². The van der Waals surface area contributed by atoms with E-state index in [1.165, 1.54) is 12.1 Å². The summed E-state index contributed by atoms with van der Waals surface area (Å²) < 4.78 is 37.9. The molecular formula is C22H19F3N4. The highest BCUT2D eigenvalue weighted by atomic mass is 19.4. The van der Waals surface area contributed by atoms with Gasteiger partial charge in [-0.3, -0.25) is 0 Å². The quantitative estimate of drug-likeness (QED) is 0.452. The van der Waals surface area contributed by atoms with Crippen LogP contribution >= 0.6 is 0 Å².